The number of imidazole rings is 5. The van der Waals surface area contributed by atoms with Gasteiger partial charge in [-0.15, -0.1) is 0 Å². The number of hydrogen-bond acceptors (Lipinski definition) is 24. The van der Waals surface area contributed by atoms with Crippen LogP contribution in [0.25, 0.3) is 201 Å². The van der Waals surface area contributed by atoms with Crippen LogP contribution in [0.15, 0.2) is 255 Å². The molecule has 12 N–H and O–H groups in total. The first-order chi connectivity index (χ1) is 70.2. The fourth-order valence-corrected chi connectivity index (χ4v) is 18.9. The molecule has 0 bridgehead atoms. The smallest absolute Gasteiger partial charge is 0.258 e. The van der Waals surface area contributed by atoms with E-state index in [1.165, 1.54) is 6.42 Å². The molecule has 38 nitrogen and oxygen atoms in total. The van der Waals surface area contributed by atoms with E-state index in [-0.39, 0.29) is 29.2 Å². The third kappa shape index (κ3) is 18.0. The Balaban J connectivity index is 0.0000000995. The zero-order valence-corrected chi connectivity index (χ0v) is 77.7. The number of rotatable bonds is 13. The third-order valence-corrected chi connectivity index (χ3v) is 26.6. The van der Waals surface area contributed by atoms with E-state index >= 15 is 0 Å². The van der Waals surface area contributed by atoms with E-state index < -0.39 is 0 Å². The summed E-state index contributed by atoms with van der Waals surface area (Å²) >= 11 is 1.88. The molecule has 39 heteroatoms. The Morgan fingerprint density at radius 1 is 0.378 bits per heavy atom. The van der Waals surface area contributed by atoms with Crippen molar-refractivity contribution in [3.63, 3.8) is 0 Å². The normalized spacial score (nSPS) is 13.5. The molecule has 21 heterocycles. The Bertz CT molecular complexity index is 8700. The van der Waals surface area contributed by atoms with Gasteiger partial charge in [-0.1, -0.05) is 84.9 Å². The number of aromatic nitrogens is 28. The monoisotopic (exact) mass is 1910 g/mol. The molecule has 0 aliphatic carbocycles. The number of piperidine rings is 1. The van der Waals surface area contributed by atoms with E-state index in [2.05, 4.69) is 153 Å². The lowest BCUT2D eigenvalue weighted by atomic mass is 10.0. The van der Waals surface area contributed by atoms with Crippen molar-refractivity contribution in [1.82, 2.24) is 166 Å². The molecular weight excluding hydrogens is 1820 g/mol. The molecule has 0 unspecified atom stereocenters. The maximum absolute atomic E-state index is 12.9. The standard InChI is InChI=1S/C26H19N7O.C22H15N7O.C19H19N7O.C19H18N6O.C18H16N6OS/c34-26(29-12-16-6-2-1-3-7-16)19-10-17(13-27-14-19)18-11-20-23(32-33-24(20)28-15-18)25-30-21-8-4-5-9-22(21)31-25;1-11-4-6-23-10-15(11)13-8-14-18(28-29-20(14)25-9-13)21-26-16-3-2-12-5-7-24-22(30)17(12)19(16)27-21;1-25-6-8-26(9-7-25)19(27)12-10-13-16(23-24-17(13)20-11-12)18-21-14-4-2-3-5-15(14)22-18;26-19(25-8-4-1-5-9-25)12-10-13-16(23-24-17(13)20-11-12)18-21-14-6-2-3-7-15(14)22-18;25-18(24-5-7-26-8-6-24)11-9-12-15(22-23-16(12)19-10-11)17-20-13-3-1-2-4-14(13)21-17/h1-11,13-15H,12H2,(H,29,34)(H,30,31)(H,28,32,33);2-10H,1H3,(H,24,30)(H,26,27)(H,25,28,29);2-5,10-11H,6-9H2,1H3,(H,21,22)(H,20,23,24);2-3,6-7,10-11H,1,4-5,8-9H2,(H,21,22)(H,20,23,24);1-4,9-10H,5-8H2,(H,20,21)(H,19,22,23). The van der Waals surface area contributed by atoms with Crippen LogP contribution in [-0.4, -0.2) is 255 Å². The lowest BCUT2D eigenvalue weighted by molar-refractivity contribution is 0.0662. The SMILES string of the molecule is CN1CCN(C(=O)c2cnc3n[nH]c(-c4nc5ccccc5[nH]4)c3c2)CC1.Cc1ccncc1-c1cnc2n[nH]c(-c3nc4c(ccc5cc[nH]c(=O)c54)[nH]3)c2c1.O=C(NCc1ccccc1)c1cncc(-c2cnc3n[nH]c(-c4nc5ccccc5[nH]4)c3c2)c1.O=C(c1cnc2n[nH]c(-c3nc4ccccc4[nH]3)c2c1)N1CCCCC1.O=C(c1cnc2n[nH]c(-c3nc4ccccc4[nH]3)c2c1)N1CCSCC1. The Labute approximate surface area is 813 Å². The third-order valence-electron chi connectivity index (χ3n) is 25.6. The number of para-hydroxylation sites is 8. The second-order valence-electron chi connectivity index (χ2n) is 34.9. The molecule has 3 aliphatic rings. The maximum atomic E-state index is 12.9. The van der Waals surface area contributed by atoms with E-state index in [1.54, 1.807) is 55.8 Å². The van der Waals surface area contributed by atoms with Gasteiger partial charge in [-0.2, -0.15) is 37.3 Å². The van der Waals surface area contributed by atoms with Crippen LogP contribution in [0, 0.1) is 6.92 Å². The number of piperazine rings is 1. The van der Waals surface area contributed by atoms with Crippen molar-refractivity contribution < 1.29 is 19.2 Å². The summed E-state index contributed by atoms with van der Waals surface area (Å²) in [7, 11) is 2.07. The number of carbonyl (C=O) groups excluding carboxylic acids is 4. The summed E-state index contributed by atoms with van der Waals surface area (Å²) in [6.07, 6.45) is 20.2. The van der Waals surface area contributed by atoms with E-state index in [4.69, 9.17) is 4.98 Å². The largest absolute Gasteiger partial charge is 0.348 e. The van der Waals surface area contributed by atoms with Gasteiger partial charge >= 0.3 is 0 Å². The van der Waals surface area contributed by atoms with Crippen LogP contribution in [0.5, 0.6) is 0 Å². The van der Waals surface area contributed by atoms with Crippen LogP contribution < -0.4 is 10.9 Å². The summed E-state index contributed by atoms with van der Waals surface area (Å²) in [6.45, 7) is 8.93. The number of benzene rings is 6. The van der Waals surface area contributed by atoms with Gasteiger partial charge in [-0.05, 0) is 153 Å². The molecule has 3 fully saturated rings. The average molecular weight is 1910 g/mol. The highest BCUT2D eigenvalue weighted by molar-refractivity contribution is 7.99. The van der Waals surface area contributed by atoms with Crippen molar-refractivity contribution in [3.05, 3.63) is 294 Å². The van der Waals surface area contributed by atoms with Crippen molar-refractivity contribution in [1.29, 1.82) is 0 Å². The molecule has 704 valence electrons. The van der Waals surface area contributed by atoms with E-state index in [1.807, 2.05) is 228 Å². The Morgan fingerprint density at radius 2 is 0.797 bits per heavy atom. The molecule has 3 saturated heterocycles. The van der Waals surface area contributed by atoms with Crippen LogP contribution in [0.3, 0.4) is 0 Å². The van der Waals surface area contributed by atoms with Crippen molar-refractivity contribution in [3.8, 4) is 79.8 Å². The number of aromatic amines is 11. The van der Waals surface area contributed by atoms with E-state index in [9.17, 15) is 24.0 Å². The number of thioether (sulfide) groups is 1. The zero-order chi connectivity index (χ0) is 96.5. The number of aryl methyl sites for hydroxylation is 1. The van der Waals surface area contributed by atoms with Gasteiger partial charge < -0.3 is 54.8 Å². The van der Waals surface area contributed by atoms with E-state index in [0.717, 1.165) is 221 Å². The van der Waals surface area contributed by atoms with Crippen LogP contribution >= 0.6 is 11.8 Å². The minimum absolute atomic E-state index is 0.00857. The second-order valence-corrected chi connectivity index (χ2v) is 36.1. The molecule has 0 radical (unpaired) electrons. The molecule has 18 aromatic heterocycles. The van der Waals surface area contributed by atoms with Crippen molar-refractivity contribution >= 4 is 156 Å². The summed E-state index contributed by atoms with van der Waals surface area (Å²) < 4.78 is 0. The summed E-state index contributed by atoms with van der Waals surface area (Å²) in [5.41, 5.74) is 23.2. The summed E-state index contributed by atoms with van der Waals surface area (Å²) in [5.74, 6) is 5.21. The van der Waals surface area contributed by atoms with Gasteiger partial charge in [-0.3, -0.25) is 59.4 Å². The van der Waals surface area contributed by atoms with Crippen molar-refractivity contribution in [2.45, 2.75) is 32.7 Å². The van der Waals surface area contributed by atoms with Gasteiger partial charge in [0.2, 0.25) is 0 Å². The Hall–Kier alpha value is -18.5. The Morgan fingerprint density at radius 3 is 1.28 bits per heavy atom. The number of pyridine rings is 8. The molecule has 0 saturated carbocycles. The van der Waals surface area contributed by atoms with Crippen LogP contribution in [0.4, 0.5) is 0 Å². The first-order valence-corrected chi connectivity index (χ1v) is 47.7. The summed E-state index contributed by atoms with van der Waals surface area (Å²) in [6, 6.07) is 60.3. The van der Waals surface area contributed by atoms with E-state index in [0.29, 0.717) is 97.1 Å². The number of likely N-dealkylation sites (tertiary alicyclic amines) is 1. The van der Waals surface area contributed by atoms with Crippen LogP contribution in [-0.2, 0) is 6.54 Å². The fraction of sp³-hybridized carbons (Fsp3) is 0.154. The topological polar surface area (TPSA) is 503 Å². The number of likely N-dealkylation sites (N-methyl/N-ethyl adjacent to an activating group) is 1. The number of H-pyrrole nitrogens is 11. The van der Waals surface area contributed by atoms with Gasteiger partial charge in [-0.25, -0.2) is 49.8 Å². The fourth-order valence-electron chi connectivity index (χ4n) is 18.0. The highest BCUT2D eigenvalue weighted by Gasteiger charge is 2.28. The quantitative estimate of drug-likeness (QED) is 0.0510. The highest BCUT2D eigenvalue weighted by atomic mass is 32.2. The Kier molecular flexibility index (Phi) is 23.8. The first kappa shape index (κ1) is 88.4. The van der Waals surface area contributed by atoms with Crippen molar-refractivity contribution in [2.75, 3.05) is 70.9 Å². The number of carbonyl (C=O) groups is 4. The minimum atomic E-state index is -0.182. The lowest BCUT2D eigenvalue weighted by Gasteiger charge is -2.32. The number of fused-ring (bicyclic) bond motifs is 12. The van der Waals surface area contributed by atoms with Crippen molar-refractivity contribution in [2.24, 2.45) is 0 Å². The average Bonchev–Trinajstić information content (AvgIpc) is 1.62. The molecule has 24 aromatic rings. The predicted molar refractivity (Wildman–Crippen MR) is 548 cm³/mol. The van der Waals surface area contributed by atoms with Crippen LogP contribution in [0.2, 0.25) is 0 Å². The number of nitrogens with zero attached hydrogens (tertiary/aromatic N) is 21. The number of amides is 4. The van der Waals surface area contributed by atoms with Gasteiger partial charge in [0, 0.05) is 155 Å². The van der Waals surface area contributed by atoms with Gasteiger partial charge in [0.05, 0.1) is 104 Å². The molecule has 27 rings (SSSR count). The van der Waals surface area contributed by atoms with Crippen LogP contribution in [0.1, 0.15) is 71.8 Å². The predicted octanol–water partition coefficient (Wildman–Crippen LogP) is 15.9. The number of hydrogen-bond donors (Lipinski definition) is 12. The minimum Gasteiger partial charge on any atom is -0.348 e. The number of nitrogens with one attached hydrogen (secondary N) is 12. The second kappa shape index (κ2) is 38.4. The summed E-state index contributed by atoms with van der Waals surface area (Å²) in [4.78, 5) is 145. The van der Waals surface area contributed by atoms with Gasteiger partial charge in [0.15, 0.2) is 57.4 Å². The summed E-state index contributed by atoms with van der Waals surface area (Å²) in [5, 5.41) is 44.9. The molecule has 0 atom stereocenters. The lowest BCUT2D eigenvalue weighted by Crippen LogP contribution is -2.47. The zero-order valence-electron chi connectivity index (χ0n) is 76.9. The van der Waals surface area contributed by atoms with Gasteiger partial charge in [0.1, 0.15) is 34.0 Å². The maximum Gasteiger partial charge on any atom is 0.258 e. The molecule has 6 aromatic carbocycles. The molecule has 3 aliphatic heterocycles. The molecule has 0 spiro atoms. The molecule has 143 heavy (non-hydrogen) atoms. The first-order valence-electron chi connectivity index (χ1n) is 46.6. The highest BCUT2D eigenvalue weighted by Crippen LogP contribution is 2.37. The van der Waals surface area contributed by atoms with Gasteiger partial charge in [0.25, 0.3) is 29.2 Å². The molecular formula is C104H87N33O5S. The molecule has 4 amide bonds.